The number of rotatable bonds is 4. The van der Waals surface area contributed by atoms with Crippen LogP contribution in [0.25, 0.3) is 0 Å². The first-order valence-electron chi connectivity index (χ1n) is 5.65. The zero-order valence-corrected chi connectivity index (χ0v) is 12.9. The van der Waals surface area contributed by atoms with Crippen molar-refractivity contribution >= 4 is 31.9 Å². The highest BCUT2D eigenvalue weighted by molar-refractivity contribution is 9.10. The Labute approximate surface area is 124 Å². The van der Waals surface area contributed by atoms with Gasteiger partial charge in [-0.25, -0.2) is 0 Å². The van der Waals surface area contributed by atoms with Crippen LogP contribution < -0.4 is 11.3 Å². The quantitative estimate of drug-likeness (QED) is 0.632. The highest BCUT2D eigenvalue weighted by Crippen LogP contribution is 2.22. The van der Waals surface area contributed by atoms with Gasteiger partial charge in [-0.1, -0.05) is 56.1 Å². The maximum absolute atomic E-state index is 5.66. The Hall–Kier alpha value is -0.680. The van der Waals surface area contributed by atoms with Gasteiger partial charge in [-0.15, -0.1) is 0 Å². The summed E-state index contributed by atoms with van der Waals surface area (Å²) in [5.74, 6) is 5.66. The van der Waals surface area contributed by atoms with Crippen molar-refractivity contribution in [1.82, 2.24) is 5.43 Å². The Morgan fingerprint density at radius 3 is 2.28 bits per heavy atom. The fourth-order valence-electron chi connectivity index (χ4n) is 1.90. The summed E-state index contributed by atoms with van der Waals surface area (Å²) in [4.78, 5) is 0. The van der Waals surface area contributed by atoms with Crippen LogP contribution in [0.4, 0.5) is 0 Å². The summed E-state index contributed by atoms with van der Waals surface area (Å²) >= 11 is 6.96. The Bertz CT molecular complexity index is 529. The van der Waals surface area contributed by atoms with Crippen LogP contribution in [-0.4, -0.2) is 0 Å². The number of benzene rings is 2. The lowest BCUT2D eigenvalue weighted by Gasteiger charge is -2.17. The minimum Gasteiger partial charge on any atom is -0.271 e. The number of nitrogens with one attached hydrogen (secondary N) is 1. The van der Waals surface area contributed by atoms with Gasteiger partial charge in [0.1, 0.15) is 0 Å². The van der Waals surface area contributed by atoms with Gasteiger partial charge in [-0.05, 0) is 41.8 Å². The number of hydrazine groups is 1. The fourth-order valence-corrected chi connectivity index (χ4v) is 2.76. The summed E-state index contributed by atoms with van der Waals surface area (Å²) in [5.41, 5.74) is 5.29. The van der Waals surface area contributed by atoms with Crippen LogP contribution in [0.2, 0.25) is 0 Å². The van der Waals surface area contributed by atoms with Crippen LogP contribution >= 0.6 is 31.9 Å². The Kier molecular flexibility index (Phi) is 4.95. The van der Waals surface area contributed by atoms with Crippen molar-refractivity contribution in [2.75, 3.05) is 0 Å². The van der Waals surface area contributed by atoms with E-state index in [1.54, 1.807) is 0 Å². The molecule has 0 fully saturated rings. The molecule has 0 aliphatic rings. The normalized spacial score (nSPS) is 12.4. The summed E-state index contributed by atoms with van der Waals surface area (Å²) < 4.78 is 2.15. The second-order valence-electron chi connectivity index (χ2n) is 4.11. The maximum atomic E-state index is 5.66. The van der Waals surface area contributed by atoms with Crippen molar-refractivity contribution < 1.29 is 0 Å². The summed E-state index contributed by atoms with van der Waals surface area (Å²) in [6.45, 7) is 0. The van der Waals surface area contributed by atoms with E-state index >= 15 is 0 Å². The second-order valence-corrected chi connectivity index (χ2v) is 5.94. The lowest BCUT2D eigenvalue weighted by molar-refractivity contribution is 0.551. The third-order valence-electron chi connectivity index (χ3n) is 2.78. The molecule has 1 unspecified atom stereocenters. The number of nitrogens with two attached hydrogens (primary N) is 1. The van der Waals surface area contributed by atoms with Crippen molar-refractivity contribution in [3.05, 3.63) is 68.6 Å². The largest absolute Gasteiger partial charge is 0.271 e. The summed E-state index contributed by atoms with van der Waals surface area (Å²) in [6, 6.07) is 16.6. The van der Waals surface area contributed by atoms with Gasteiger partial charge in [0.2, 0.25) is 0 Å². The molecule has 4 heteroatoms. The summed E-state index contributed by atoms with van der Waals surface area (Å²) in [5, 5.41) is 0. The van der Waals surface area contributed by atoms with Crippen molar-refractivity contribution in [2.24, 2.45) is 5.84 Å². The molecule has 0 bridgehead atoms. The van der Waals surface area contributed by atoms with Crippen molar-refractivity contribution in [3.63, 3.8) is 0 Å². The van der Waals surface area contributed by atoms with Gasteiger partial charge in [0, 0.05) is 8.95 Å². The third kappa shape index (κ3) is 3.65. The molecule has 0 radical (unpaired) electrons. The average Bonchev–Trinajstić information content (AvgIpc) is 2.36. The molecule has 0 saturated carbocycles. The van der Waals surface area contributed by atoms with Gasteiger partial charge in [-0.3, -0.25) is 11.3 Å². The first-order valence-corrected chi connectivity index (χ1v) is 7.23. The molecule has 0 saturated heterocycles. The monoisotopic (exact) mass is 368 g/mol. The van der Waals surface area contributed by atoms with Gasteiger partial charge in [-0.2, -0.15) is 0 Å². The van der Waals surface area contributed by atoms with Crippen molar-refractivity contribution in [1.29, 1.82) is 0 Å². The van der Waals surface area contributed by atoms with Crippen LogP contribution in [0.5, 0.6) is 0 Å². The van der Waals surface area contributed by atoms with Gasteiger partial charge >= 0.3 is 0 Å². The molecular formula is C14H14Br2N2. The fraction of sp³-hybridized carbons (Fsp3) is 0.143. The van der Waals surface area contributed by atoms with Gasteiger partial charge in [0.05, 0.1) is 6.04 Å². The van der Waals surface area contributed by atoms with E-state index in [2.05, 4.69) is 61.6 Å². The lowest BCUT2D eigenvalue weighted by Crippen LogP contribution is -2.29. The van der Waals surface area contributed by atoms with Crippen LogP contribution in [0.1, 0.15) is 17.2 Å². The van der Waals surface area contributed by atoms with Crippen LogP contribution in [0, 0.1) is 0 Å². The number of hydrogen-bond acceptors (Lipinski definition) is 2. The molecule has 2 rings (SSSR count). The van der Waals surface area contributed by atoms with E-state index < -0.39 is 0 Å². The molecular weight excluding hydrogens is 356 g/mol. The standard InChI is InChI=1S/C14H14Br2N2/c15-12-5-1-3-10(7-12)8-14(18-17)11-4-2-6-13(16)9-11/h1-7,9,14,18H,8,17H2. The van der Waals surface area contributed by atoms with Gasteiger partial charge in [0.25, 0.3) is 0 Å². The molecule has 0 spiro atoms. The SMILES string of the molecule is NNC(Cc1cccc(Br)c1)c1cccc(Br)c1. The Morgan fingerprint density at radius 2 is 1.67 bits per heavy atom. The predicted molar refractivity (Wildman–Crippen MR) is 82.1 cm³/mol. The minimum atomic E-state index is 0.108. The van der Waals surface area contributed by atoms with Gasteiger partial charge < -0.3 is 0 Å². The molecule has 18 heavy (non-hydrogen) atoms. The van der Waals surface area contributed by atoms with Crippen LogP contribution in [0.3, 0.4) is 0 Å². The number of halogens is 2. The average molecular weight is 370 g/mol. The van der Waals surface area contributed by atoms with Crippen LogP contribution in [-0.2, 0) is 6.42 Å². The highest BCUT2D eigenvalue weighted by atomic mass is 79.9. The van der Waals surface area contributed by atoms with E-state index in [1.165, 1.54) is 11.1 Å². The third-order valence-corrected chi connectivity index (χ3v) is 3.77. The van der Waals surface area contributed by atoms with Crippen LogP contribution in [0.15, 0.2) is 57.5 Å². The summed E-state index contributed by atoms with van der Waals surface area (Å²) in [6.07, 6.45) is 0.854. The first kappa shape index (κ1) is 13.7. The molecule has 2 aromatic rings. The Balaban J connectivity index is 2.19. The zero-order chi connectivity index (χ0) is 13.0. The minimum absolute atomic E-state index is 0.108. The predicted octanol–water partition coefficient (Wildman–Crippen LogP) is 3.96. The van der Waals surface area contributed by atoms with E-state index in [-0.39, 0.29) is 6.04 Å². The molecule has 0 aliphatic carbocycles. The molecule has 3 N–H and O–H groups in total. The second kappa shape index (κ2) is 6.48. The summed E-state index contributed by atoms with van der Waals surface area (Å²) in [7, 11) is 0. The van der Waals surface area contributed by atoms with E-state index in [1.807, 2.05) is 24.3 Å². The topological polar surface area (TPSA) is 38.0 Å². The molecule has 2 aromatic carbocycles. The highest BCUT2D eigenvalue weighted by Gasteiger charge is 2.10. The Morgan fingerprint density at radius 1 is 1.00 bits per heavy atom. The zero-order valence-electron chi connectivity index (χ0n) is 9.74. The van der Waals surface area contributed by atoms with E-state index in [0.717, 1.165) is 15.4 Å². The molecule has 2 nitrogen and oxygen atoms in total. The maximum Gasteiger partial charge on any atom is 0.0500 e. The van der Waals surface area contributed by atoms with Crippen molar-refractivity contribution in [2.45, 2.75) is 12.5 Å². The lowest BCUT2D eigenvalue weighted by atomic mass is 9.99. The molecule has 0 heterocycles. The molecule has 0 aliphatic heterocycles. The van der Waals surface area contributed by atoms with Gasteiger partial charge in [0.15, 0.2) is 0 Å². The molecule has 0 aromatic heterocycles. The van der Waals surface area contributed by atoms with Crippen molar-refractivity contribution in [3.8, 4) is 0 Å². The molecule has 1 atom stereocenters. The van der Waals surface area contributed by atoms with E-state index in [4.69, 9.17) is 5.84 Å². The molecule has 94 valence electrons. The smallest absolute Gasteiger partial charge is 0.0500 e. The van der Waals surface area contributed by atoms with E-state index in [9.17, 15) is 0 Å². The first-order chi connectivity index (χ1) is 8.69. The molecule has 0 amide bonds. The number of hydrogen-bond donors (Lipinski definition) is 2. The van der Waals surface area contributed by atoms with E-state index in [0.29, 0.717) is 0 Å².